The van der Waals surface area contributed by atoms with Gasteiger partial charge in [-0.05, 0) is 55.4 Å². The second kappa shape index (κ2) is 17.6. The van der Waals surface area contributed by atoms with E-state index in [1.165, 1.54) is 55.4 Å². The Kier molecular flexibility index (Phi) is 15.7. The zero-order valence-corrected chi connectivity index (χ0v) is 24.7. The molecule has 0 aromatic rings. The maximum atomic E-state index is 11.9. The van der Waals surface area contributed by atoms with E-state index in [0.29, 0.717) is 0 Å². The number of hydrogen-bond donors (Lipinski definition) is 4. The molecule has 0 amide bonds. The minimum absolute atomic E-state index is 0.362. The number of hydrogen-bond acceptors (Lipinski definition) is 17. The number of carbonyl (C=O) groups is 4. The number of aliphatic hydroxyl groups excluding tert-OH is 4. The molecule has 1 aliphatic rings. The quantitative estimate of drug-likeness (QED) is 0.0837. The molecular weight excluding hydrogens is 572 g/mol. The predicted molar refractivity (Wildman–Crippen MR) is 134 cm³/mol. The number of rotatable bonds is 17. The zero-order chi connectivity index (χ0) is 32.3. The summed E-state index contributed by atoms with van der Waals surface area (Å²) in [5, 5.41) is 37.8. The predicted octanol–water partition coefficient (Wildman–Crippen LogP) is -1.41. The van der Waals surface area contributed by atoms with Crippen LogP contribution in [0, 0.1) is 0 Å². The van der Waals surface area contributed by atoms with Crippen LogP contribution in [-0.4, -0.2) is 125 Å². The summed E-state index contributed by atoms with van der Waals surface area (Å²) < 4.78 is 48.8. The molecule has 1 saturated heterocycles. The summed E-state index contributed by atoms with van der Waals surface area (Å²) in [6.07, 6.45) is -16.0. The molecule has 0 spiro atoms. The van der Waals surface area contributed by atoms with E-state index in [0.717, 1.165) is 0 Å². The molecule has 0 bridgehead atoms. The van der Waals surface area contributed by atoms with Crippen LogP contribution in [0.4, 0.5) is 0 Å². The number of carbonyl (C=O) groups excluding carboxylic acids is 4. The first-order chi connectivity index (χ1) is 19.4. The molecule has 1 heterocycles. The lowest BCUT2D eigenvalue weighted by Gasteiger charge is -2.30. The Labute approximate surface area is 242 Å². The molecule has 0 aromatic heterocycles. The fraction of sp³-hybridized carbons (Fsp3) is 0.840. The van der Waals surface area contributed by atoms with Crippen LogP contribution in [0.1, 0.15) is 55.4 Å². The van der Waals surface area contributed by atoms with Crippen molar-refractivity contribution >= 4 is 23.9 Å². The van der Waals surface area contributed by atoms with Gasteiger partial charge < -0.3 is 63.1 Å². The van der Waals surface area contributed by atoms with Crippen LogP contribution in [0.2, 0.25) is 0 Å². The van der Waals surface area contributed by atoms with Crippen LogP contribution in [0.25, 0.3) is 0 Å². The van der Waals surface area contributed by atoms with Crippen LogP contribution < -0.4 is 0 Å². The molecule has 1 rings (SSSR count). The van der Waals surface area contributed by atoms with Crippen molar-refractivity contribution < 1.29 is 82.2 Å². The van der Waals surface area contributed by atoms with E-state index >= 15 is 0 Å². The highest BCUT2D eigenvalue weighted by Crippen LogP contribution is 2.31. The van der Waals surface area contributed by atoms with Crippen LogP contribution in [0.15, 0.2) is 0 Å². The lowest BCUT2D eigenvalue weighted by atomic mass is 10.1. The largest absolute Gasteiger partial charge is 0.434 e. The minimum Gasteiger partial charge on any atom is -0.434 e. The van der Waals surface area contributed by atoms with Gasteiger partial charge in [0.25, 0.3) is 0 Å². The molecule has 0 aromatic carbocycles. The topological polar surface area (TPSA) is 232 Å². The molecule has 0 saturated carbocycles. The van der Waals surface area contributed by atoms with Crippen molar-refractivity contribution in [3.63, 3.8) is 0 Å². The van der Waals surface area contributed by atoms with Crippen LogP contribution in [0.5, 0.6) is 0 Å². The Morgan fingerprint density at radius 3 is 1.26 bits per heavy atom. The second-order valence-electron chi connectivity index (χ2n) is 9.44. The molecule has 4 N–H and O–H groups in total. The first kappa shape index (κ1) is 37.5. The summed E-state index contributed by atoms with van der Waals surface area (Å²) in [5.41, 5.74) is 0. The van der Waals surface area contributed by atoms with Crippen LogP contribution in [0.3, 0.4) is 0 Å². The van der Waals surface area contributed by atoms with Gasteiger partial charge in [-0.3, -0.25) is 0 Å². The van der Waals surface area contributed by atoms with Gasteiger partial charge in [0.15, 0.2) is 12.6 Å². The van der Waals surface area contributed by atoms with E-state index in [4.69, 9.17) is 42.6 Å². The van der Waals surface area contributed by atoms with Crippen molar-refractivity contribution in [2.45, 2.75) is 130 Å². The average molecular weight is 615 g/mol. The minimum atomic E-state index is -1.47. The lowest BCUT2D eigenvalue weighted by Crippen LogP contribution is -2.45. The Morgan fingerprint density at radius 2 is 0.881 bits per heavy atom. The molecule has 1 aliphatic heterocycles. The van der Waals surface area contributed by atoms with Crippen molar-refractivity contribution in [2.75, 3.05) is 6.61 Å². The average Bonchev–Trinajstić information content (AvgIpc) is 3.16. The molecule has 244 valence electrons. The highest BCUT2D eigenvalue weighted by Gasteiger charge is 2.50. The molecule has 42 heavy (non-hydrogen) atoms. The smallest absolute Gasteiger partial charge is 0.336 e. The number of ether oxygens (including phenoxy) is 9. The summed E-state index contributed by atoms with van der Waals surface area (Å²) >= 11 is 0. The van der Waals surface area contributed by atoms with E-state index in [2.05, 4.69) is 0 Å². The third-order valence-electron chi connectivity index (χ3n) is 5.28. The van der Waals surface area contributed by atoms with Gasteiger partial charge in [0, 0.05) is 0 Å². The summed E-state index contributed by atoms with van der Waals surface area (Å²) in [6.45, 7) is 9.74. The van der Waals surface area contributed by atoms with Gasteiger partial charge in [-0.1, -0.05) is 0 Å². The molecule has 17 nitrogen and oxygen atoms in total. The third-order valence-corrected chi connectivity index (χ3v) is 5.28. The van der Waals surface area contributed by atoms with Gasteiger partial charge >= 0.3 is 23.9 Å². The SMILES string of the molecule is CC(OCC1OC(OC(C)OC(=O)C(C)O)C(OC(C)OC(=O)C(C)O)C1OC(C)OC(=O)C(C)O)OC(=O)C(C)O. The number of esters is 4. The van der Waals surface area contributed by atoms with E-state index in [-0.39, 0.29) is 6.61 Å². The standard InChI is InChI=1S/C25H42O17/c1-10(26)21(30)37-14(5)34-9-18-19(35-15(6)38-22(31)11(2)27)20(36-16(7)39-23(32)12(3)28)25(42-18)41-17(8)40-24(33)13(4)29/h10-20,25-29H,9H2,1-8H3. The number of aliphatic hydroxyl groups is 4. The van der Waals surface area contributed by atoms with Gasteiger partial charge in [0.05, 0.1) is 6.61 Å². The van der Waals surface area contributed by atoms with Crippen molar-refractivity contribution in [3.05, 3.63) is 0 Å². The van der Waals surface area contributed by atoms with Gasteiger partial charge in [0.1, 0.15) is 42.7 Å². The summed E-state index contributed by atoms with van der Waals surface area (Å²) in [6, 6.07) is 0. The zero-order valence-electron chi connectivity index (χ0n) is 24.7. The van der Waals surface area contributed by atoms with Crippen LogP contribution in [-0.2, 0) is 61.8 Å². The van der Waals surface area contributed by atoms with E-state index in [1.807, 2.05) is 0 Å². The Bertz CT molecular complexity index is 875. The highest BCUT2D eigenvalue weighted by atomic mass is 16.8. The molecule has 0 aliphatic carbocycles. The Balaban J connectivity index is 3.26. The van der Waals surface area contributed by atoms with Gasteiger partial charge in [-0.2, -0.15) is 0 Å². The molecule has 1 fully saturated rings. The van der Waals surface area contributed by atoms with E-state index < -0.39 is 98.1 Å². The fourth-order valence-electron chi connectivity index (χ4n) is 3.27. The third kappa shape index (κ3) is 12.8. The Morgan fingerprint density at radius 1 is 0.548 bits per heavy atom. The highest BCUT2D eigenvalue weighted by molar-refractivity contribution is 5.74. The maximum Gasteiger partial charge on any atom is 0.336 e. The molecule has 12 unspecified atom stereocenters. The van der Waals surface area contributed by atoms with Gasteiger partial charge in [-0.15, -0.1) is 0 Å². The second-order valence-corrected chi connectivity index (χ2v) is 9.44. The van der Waals surface area contributed by atoms with Crippen molar-refractivity contribution in [1.82, 2.24) is 0 Å². The summed E-state index contributed by atoms with van der Waals surface area (Å²) in [5.74, 6) is -3.97. The van der Waals surface area contributed by atoms with Crippen molar-refractivity contribution in [1.29, 1.82) is 0 Å². The lowest BCUT2D eigenvalue weighted by molar-refractivity contribution is -0.275. The van der Waals surface area contributed by atoms with Crippen LogP contribution >= 0.6 is 0 Å². The molecule has 0 radical (unpaired) electrons. The molecule has 17 heteroatoms. The van der Waals surface area contributed by atoms with E-state index in [1.54, 1.807) is 0 Å². The fourth-order valence-corrected chi connectivity index (χ4v) is 3.27. The van der Waals surface area contributed by atoms with Crippen molar-refractivity contribution in [3.8, 4) is 0 Å². The molecule has 12 atom stereocenters. The van der Waals surface area contributed by atoms with Gasteiger partial charge in [0.2, 0.25) is 18.9 Å². The normalized spacial score (nSPS) is 26.1. The first-order valence-corrected chi connectivity index (χ1v) is 13.2. The van der Waals surface area contributed by atoms with E-state index in [9.17, 15) is 39.6 Å². The Hall–Kier alpha value is -2.48. The summed E-state index contributed by atoms with van der Waals surface area (Å²) in [7, 11) is 0. The maximum absolute atomic E-state index is 11.9. The molecular formula is C25H42O17. The summed E-state index contributed by atoms with van der Waals surface area (Å²) in [4.78, 5) is 47.4. The van der Waals surface area contributed by atoms with Gasteiger partial charge in [-0.25, -0.2) is 19.2 Å². The monoisotopic (exact) mass is 614 g/mol. The van der Waals surface area contributed by atoms with Crippen molar-refractivity contribution in [2.24, 2.45) is 0 Å². The first-order valence-electron chi connectivity index (χ1n) is 13.2.